The number of benzene rings is 7. The van der Waals surface area contributed by atoms with Crippen molar-refractivity contribution in [2.75, 3.05) is 0 Å². The van der Waals surface area contributed by atoms with Gasteiger partial charge in [0.25, 0.3) is 0 Å². The van der Waals surface area contributed by atoms with Crippen LogP contribution in [-0.2, 0) is 34.2 Å². The van der Waals surface area contributed by atoms with Crippen molar-refractivity contribution in [3.63, 3.8) is 0 Å². The van der Waals surface area contributed by atoms with Crippen LogP contribution in [0.5, 0.6) is 0 Å². The van der Waals surface area contributed by atoms with Gasteiger partial charge in [0.05, 0.1) is 24.9 Å². The van der Waals surface area contributed by atoms with Crippen LogP contribution in [-0.4, -0.2) is 21.0 Å². The van der Waals surface area contributed by atoms with Gasteiger partial charge in [-0.05, 0) is 105 Å². The van der Waals surface area contributed by atoms with E-state index in [4.69, 9.17) is 0 Å². The monoisotopic (exact) mass is 846 g/mol. The lowest BCUT2D eigenvalue weighted by molar-refractivity contribution is 0.384. The van der Waals surface area contributed by atoms with E-state index in [9.17, 15) is 21.2 Å². The second-order valence-corrected chi connectivity index (χ2v) is 22.6. The highest BCUT2D eigenvalue weighted by atomic mass is 32.2. The quantitative estimate of drug-likeness (QED) is 0.0597. The standard InChI is InChI=1S/C42H24F5O6PS3/c43-37-38(44)40(46)42(41(47)39(37)45)54(48)33-20-27(56(50,51)25-12-6-2-7-13-25)16-18-29(33)31-22-32-30-19-17-28(57(52,53)26-14-8-3-9-15-26)21-35(30)55(49,36(32)23-34(31)54)24-10-4-1-5-11-24/h1-23,55H. The summed E-state index contributed by atoms with van der Waals surface area (Å²) in [6.07, 6.45) is 0. The molecule has 0 aliphatic carbocycles. The highest BCUT2D eigenvalue weighted by Gasteiger charge is 2.49. The molecule has 0 amide bonds. The Labute approximate surface area is 323 Å². The Morgan fingerprint density at radius 2 is 0.860 bits per heavy atom. The van der Waals surface area contributed by atoms with Crippen molar-refractivity contribution < 1.29 is 47.6 Å². The molecule has 0 fully saturated rings. The van der Waals surface area contributed by atoms with E-state index in [-0.39, 0.29) is 46.1 Å². The number of sulfone groups is 2. The second-order valence-electron chi connectivity index (χ2n) is 13.4. The zero-order valence-corrected chi connectivity index (χ0v) is 32.3. The molecule has 1 unspecified atom stereocenters. The molecule has 2 aliphatic heterocycles. The molecule has 0 bridgehead atoms. The number of hydrogen-bond donors (Lipinski definition) is 1. The van der Waals surface area contributed by atoms with E-state index in [0.717, 1.165) is 12.1 Å². The van der Waals surface area contributed by atoms with Crippen LogP contribution in [0.25, 0.3) is 22.3 Å². The molecule has 7 aromatic rings. The number of rotatable bonds is 6. The summed E-state index contributed by atoms with van der Waals surface area (Å²) in [5.74, 6) is -12.0. The van der Waals surface area contributed by atoms with Crippen LogP contribution in [0.4, 0.5) is 22.0 Å². The molecule has 2 aliphatic rings. The zero-order valence-electron chi connectivity index (χ0n) is 28.8. The van der Waals surface area contributed by atoms with Crippen LogP contribution < -0.4 is 15.9 Å². The summed E-state index contributed by atoms with van der Waals surface area (Å²) >= 11 is 0. The lowest BCUT2D eigenvalue weighted by Gasteiger charge is -2.24. The minimum Gasteiger partial charge on any atom is -0.308 e. The predicted octanol–water partition coefficient (Wildman–Crippen LogP) is 8.14. The third-order valence-corrected chi connectivity index (χ3v) is 20.1. The van der Waals surface area contributed by atoms with Gasteiger partial charge in [-0.15, -0.1) is 0 Å². The third kappa shape index (κ3) is 5.10. The molecule has 7 aromatic carbocycles. The van der Waals surface area contributed by atoms with Crippen LogP contribution in [0, 0.1) is 29.1 Å². The fourth-order valence-electron chi connectivity index (χ4n) is 7.62. The van der Waals surface area contributed by atoms with E-state index in [1.807, 2.05) is 0 Å². The molecular weight excluding hydrogens is 823 g/mol. The maximum atomic E-state index is 16.0. The van der Waals surface area contributed by atoms with Gasteiger partial charge >= 0.3 is 0 Å². The molecule has 0 saturated carbocycles. The molecule has 0 spiro atoms. The van der Waals surface area contributed by atoms with Crippen molar-refractivity contribution in [3.8, 4) is 22.3 Å². The van der Waals surface area contributed by atoms with Crippen molar-refractivity contribution in [1.82, 2.24) is 0 Å². The van der Waals surface area contributed by atoms with E-state index in [1.165, 1.54) is 84.9 Å². The van der Waals surface area contributed by atoms with E-state index < -0.39 is 86.6 Å². The normalized spacial score (nSPS) is 17.0. The second kappa shape index (κ2) is 12.7. The molecule has 0 radical (unpaired) electrons. The average Bonchev–Trinajstić information content (AvgIpc) is 3.63. The van der Waals surface area contributed by atoms with Gasteiger partial charge in [-0.25, -0.2) is 38.8 Å². The highest BCUT2D eigenvalue weighted by molar-refractivity contribution is 8.04. The summed E-state index contributed by atoms with van der Waals surface area (Å²) in [5.41, 5.74) is 0.540. The number of hydrogen-bond acceptors (Lipinski definition) is 6. The van der Waals surface area contributed by atoms with E-state index in [0.29, 0.717) is 5.56 Å². The molecule has 15 heteroatoms. The first-order valence-electron chi connectivity index (χ1n) is 17.0. The fraction of sp³-hybridized carbons (Fsp3) is 0. The van der Waals surface area contributed by atoms with E-state index >= 15 is 26.3 Å². The molecule has 57 heavy (non-hydrogen) atoms. The first kappa shape index (κ1) is 37.1. The summed E-state index contributed by atoms with van der Waals surface area (Å²) < 4.78 is 163. The van der Waals surface area contributed by atoms with Gasteiger partial charge < -0.3 is 4.57 Å². The molecule has 0 N–H and O–H groups in total. The Kier molecular flexibility index (Phi) is 8.28. The van der Waals surface area contributed by atoms with Gasteiger partial charge in [0, 0.05) is 25.3 Å². The van der Waals surface area contributed by atoms with Gasteiger partial charge in [-0.3, -0.25) is 4.21 Å². The van der Waals surface area contributed by atoms with Gasteiger partial charge in [-0.1, -0.05) is 66.7 Å². The van der Waals surface area contributed by atoms with Crippen LogP contribution in [0.3, 0.4) is 0 Å². The first-order valence-corrected chi connectivity index (χ1v) is 23.4. The Morgan fingerprint density at radius 1 is 0.421 bits per heavy atom. The summed E-state index contributed by atoms with van der Waals surface area (Å²) in [4.78, 5) is -0.608. The lowest BCUT2D eigenvalue weighted by atomic mass is 9.99. The molecule has 0 saturated heterocycles. The molecular formula is C42H24F5O6PS3. The highest BCUT2D eigenvalue weighted by Crippen LogP contribution is 2.59. The number of halogens is 5. The van der Waals surface area contributed by atoms with Gasteiger partial charge in [-0.2, -0.15) is 0 Å². The number of thiol groups is 1. The van der Waals surface area contributed by atoms with Crippen LogP contribution in [0.15, 0.2) is 174 Å². The maximum Gasteiger partial charge on any atom is 0.206 e. The van der Waals surface area contributed by atoms with Gasteiger partial charge in [0.2, 0.25) is 25.5 Å². The minimum absolute atomic E-state index is 0.00636. The van der Waals surface area contributed by atoms with Gasteiger partial charge in [0.1, 0.15) is 0 Å². The molecule has 1 atom stereocenters. The van der Waals surface area contributed by atoms with Crippen LogP contribution >= 0.6 is 7.14 Å². The zero-order chi connectivity index (χ0) is 40.2. The Hall–Kier alpha value is -5.53. The number of fused-ring (bicyclic) bond motifs is 6. The summed E-state index contributed by atoms with van der Waals surface area (Å²) in [6, 6.07) is 32.5. The Balaban J connectivity index is 1.36. The molecule has 0 aromatic heterocycles. The van der Waals surface area contributed by atoms with Crippen molar-refractivity contribution in [2.45, 2.75) is 34.3 Å². The first-order chi connectivity index (χ1) is 27.1. The van der Waals surface area contributed by atoms with Crippen molar-refractivity contribution in [1.29, 1.82) is 0 Å². The molecule has 286 valence electrons. The smallest absolute Gasteiger partial charge is 0.206 e. The lowest BCUT2D eigenvalue weighted by Crippen LogP contribution is -2.30. The summed E-state index contributed by atoms with van der Waals surface area (Å²) in [6.45, 7) is 0. The van der Waals surface area contributed by atoms with Crippen LogP contribution in [0.2, 0.25) is 0 Å². The Morgan fingerprint density at radius 3 is 1.40 bits per heavy atom. The predicted molar refractivity (Wildman–Crippen MR) is 205 cm³/mol. The molecule has 9 rings (SSSR count). The molecule has 6 nitrogen and oxygen atoms in total. The van der Waals surface area contributed by atoms with Crippen LogP contribution in [0.1, 0.15) is 0 Å². The van der Waals surface area contributed by atoms with Gasteiger partial charge in [0.15, 0.2) is 30.4 Å². The average molecular weight is 847 g/mol. The SMILES string of the molecule is O=P1(c2c(F)c(F)c(F)c(F)c2F)c2cc(S(=O)(=O)c3ccccc3)ccc2-c2cc3c(cc21)[SH](=O)(c1ccccc1)c1cc(S(=O)(=O)c2ccccc2)ccc1-3. The summed E-state index contributed by atoms with van der Waals surface area (Å²) in [7, 11) is -18.0. The third-order valence-electron chi connectivity index (χ3n) is 10.3. The minimum atomic E-state index is -5.27. The fourth-order valence-corrected chi connectivity index (χ4v) is 16.8. The van der Waals surface area contributed by atoms with Crippen molar-refractivity contribution in [3.05, 3.63) is 169 Å². The Bertz CT molecular complexity index is 3190. The van der Waals surface area contributed by atoms with Crippen molar-refractivity contribution >= 4 is 52.7 Å². The molecule has 2 heterocycles. The van der Waals surface area contributed by atoms with Crippen molar-refractivity contribution in [2.24, 2.45) is 0 Å². The maximum absolute atomic E-state index is 16.0. The van der Waals surface area contributed by atoms with E-state index in [2.05, 4.69) is 0 Å². The summed E-state index contributed by atoms with van der Waals surface area (Å²) in [5, 5.41) is -2.63. The largest absolute Gasteiger partial charge is 0.308 e. The topological polar surface area (TPSA) is 102 Å². The van der Waals surface area contributed by atoms with E-state index in [1.54, 1.807) is 42.5 Å².